The lowest BCUT2D eigenvalue weighted by atomic mass is 9.78. The molecule has 0 unspecified atom stereocenters. The molecule has 0 bridgehead atoms. The Balaban J connectivity index is 1.41. The number of rotatable bonds is 9. The Bertz CT molecular complexity index is 703. The van der Waals surface area contributed by atoms with Crippen molar-refractivity contribution in [3.8, 4) is 0 Å². The van der Waals surface area contributed by atoms with Crippen LogP contribution in [0.1, 0.15) is 75.3 Å². The molecular weight excluding hydrogens is 364 g/mol. The topological polar surface area (TPSA) is 26.3 Å². The average molecular weight is 397 g/mol. The lowest BCUT2D eigenvalue weighted by Crippen LogP contribution is -2.21. The predicted molar refractivity (Wildman–Crippen MR) is 117 cm³/mol. The Labute approximate surface area is 174 Å². The van der Waals surface area contributed by atoms with Crippen LogP contribution < -0.4 is 0 Å². The van der Waals surface area contributed by atoms with Gasteiger partial charge < -0.3 is 4.18 Å². The Morgan fingerprint density at radius 2 is 1.64 bits per heavy atom. The Kier molecular flexibility index (Phi) is 8.47. The average Bonchev–Trinajstić information content (AvgIpc) is 2.76. The van der Waals surface area contributed by atoms with E-state index in [0.717, 1.165) is 30.6 Å². The molecule has 0 spiro atoms. The molecule has 0 N–H and O–H groups in total. The summed E-state index contributed by atoms with van der Waals surface area (Å²) in [6.45, 7) is 2.26. The number of carbonyl (C=O) groups excluding carboxylic acids is 1. The minimum atomic E-state index is -0.0604. The molecule has 2 nitrogen and oxygen atoms in total. The van der Waals surface area contributed by atoms with Crippen molar-refractivity contribution < 1.29 is 8.98 Å². The molecule has 1 aliphatic rings. The third kappa shape index (κ3) is 6.41. The van der Waals surface area contributed by atoms with E-state index < -0.39 is 0 Å². The highest BCUT2D eigenvalue weighted by atomic mass is 32.2. The van der Waals surface area contributed by atoms with Crippen LogP contribution in [0, 0.1) is 5.92 Å². The van der Waals surface area contributed by atoms with Crippen molar-refractivity contribution in [1.82, 2.24) is 0 Å². The van der Waals surface area contributed by atoms with Crippen LogP contribution in [0.4, 0.5) is 0 Å². The van der Waals surface area contributed by atoms with Gasteiger partial charge in [-0.05, 0) is 67.7 Å². The van der Waals surface area contributed by atoms with Gasteiger partial charge in [-0.15, -0.1) is 0 Å². The molecule has 3 rings (SSSR count). The third-order valence-electron chi connectivity index (χ3n) is 5.79. The molecule has 0 radical (unpaired) electrons. The monoisotopic (exact) mass is 396 g/mol. The molecule has 0 saturated heterocycles. The second kappa shape index (κ2) is 11.3. The van der Waals surface area contributed by atoms with Crippen LogP contribution in [-0.4, -0.2) is 5.97 Å². The molecule has 1 fully saturated rings. The van der Waals surface area contributed by atoms with Gasteiger partial charge in [0.1, 0.15) is 0 Å². The predicted octanol–water partition coefficient (Wildman–Crippen LogP) is 7.33. The number of unbranched alkanes of at least 4 members (excludes halogenated alkanes) is 3. The van der Waals surface area contributed by atoms with Gasteiger partial charge in [0.05, 0.1) is 18.0 Å². The molecule has 1 saturated carbocycles. The molecule has 2 aromatic carbocycles. The highest BCUT2D eigenvalue weighted by Crippen LogP contribution is 2.37. The maximum absolute atomic E-state index is 12.4. The molecule has 150 valence electrons. The molecule has 0 heterocycles. The zero-order chi connectivity index (χ0) is 19.6. The number of benzene rings is 2. The first-order chi connectivity index (χ1) is 13.8. The zero-order valence-corrected chi connectivity index (χ0v) is 17.8. The summed E-state index contributed by atoms with van der Waals surface area (Å²) in [4.78, 5) is 13.3. The molecule has 0 amide bonds. The molecule has 0 aliphatic heterocycles. The van der Waals surface area contributed by atoms with E-state index in [1.54, 1.807) is 0 Å². The van der Waals surface area contributed by atoms with Gasteiger partial charge in [0.25, 0.3) is 0 Å². The van der Waals surface area contributed by atoms with Gasteiger partial charge in [-0.1, -0.05) is 68.7 Å². The highest BCUT2D eigenvalue weighted by molar-refractivity contribution is 7.95. The normalized spacial score (nSPS) is 19.3. The van der Waals surface area contributed by atoms with E-state index in [9.17, 15) is 4.79 Å². The van der Waals surface area contributed by atoms with Crippen molar-refractivity contribution in [2.75, 3.05) is 0 Å². The lowest BCUT2D eigenvalue weighted by Gasteiger charge is -2.27. The van der Waals surface area contributed by atoms with E-state index in [2.05, 4.69) is 31.2 Å². The number of hydrogen-bond donors (Lipinski definition) is 0. The van der Waals surface area contributed by atoms with Gasteiger partial charge >= 0.3 is 5.97 Å². The third-order valence-corrected chi connectivity index (χ3v) is 6.51. The minimum Gasteiger partial charge on any atom is -0.386 e. The standard InChI is InChI=1S/C25H32O2S/c1-2-3-4-6-9-20-12-14-21(15-13-20)22-16-18-23(19-17-22)25(26)27-28-24-10-7-5-8-11-24/h5,7-8,10-15,22-23H,2-4,6,9,16-19H2,1H3. The van der Waals surface area contributed by atoms with Gasteiger partial charge in [-0.3, -0.25) is 4.79 Å². The van der Waals surface area contributed by atoms with E-state index in [-0.39, 0.29) is 11.9 Å². The van der Waals surface area contributed by atoms with E-state index in [1.165, 1.54) is 55.3 Å². The Morgan fingerprint density at radius 1 is 0.929 bits per heavy atom. The van der Waals surface area contributed by atoms with Gasteiger partial charge in [0.2, 0.25) is 0 Å². The minimum absolute atomic E-state index is 0.0466. The van der Waals surface area contributed by atoms with Crippen molar-refractivity contribution in [1.29, 1.82) is 0 Å². The molecule has 1 aliphatic carbocycles. The second-order valence-corrected chi connectivity index (χ2v) is 8.70. The summed E-state index contributed by atoms with van der Waals surface area (Å²) < 4.78 is 5.46. The first-order valence-corrected chi connectivity index (χ1v) is 11.5. The summed E-state index contributed by atoms with van der Waals surface area (Å²) in [7, 11) is 0. The van der Waals surface area contributed by atoms with Crippen molar-refractivity contribution in [2.24, 2.45) is 5.92 Å². The van der Waals surface area contributed by atoms with Crippen LogP contribution in [0.5, 0.6) is 0 Å². The summed E-state index contributed by atoms with van der Waals surface area (Å²) in [6, 6.07) is 19.0. The Hall–Kier alpha value is -1.74. The lowest BCUT2D eigenvalue weighted by molar-refractivity contribution is -0.138. The fourth-order valence-corrected chi connectivity index (χ4v) is 4.59. The van der Waals surface area contributed by atoms with Crippen molar-refractivity contribution in [3.05, 3.63) is 65.7 Å². The van der Waals surface area contributed by atoms with Gasteiger partial charge in [-0.25, -0.2) is 0 Å². The summed E-state index contributed by atoms with van der Waals surface area (Å²) >= 11 is 1.18. The smallest absolute Gasteiger partial charge is 0.321 e. The van der Waals surface area contributed by atoms with E-state index in [1.807, 2.05) is 30.3 Å². The number of aryl methyl sites for hydroxylation is 1. The van der Waals surface area contributed by atoms with Gasteiger partial charge in [-0.2, -0.15) is 0 Å². The fraction of sp³-hybridized carbons (Fsp3) is 0.480. The van der Waals surface area contributed by atoms with Gasteiger partial charge in [0.15, 0.2) is 0 Å². The molecule has 0 atom stereocenters. The highest BCUT2D eigenvalue weighted by Gasteiger charge is 2.28. The second-order valence-electron chi connectivity index (χ2n) is 7.90. The fourth-order valence-electron chi connectivity index (χ4n) is 4.01. The number of hydrogen-bond acceptors (Lipinski definition) is 3. The van der Waals surface area contributed by atoms with Crippen LogP contribution >= 0.6 is 12.0 Å². The first kappa shape index (κ1) is 21.0. The van der Waals surface area contributed by atoms with Crippen LogP contribution in [0.15, 0.2) is 59.5 Å². The quantitative estimate of drug-likeness (QED) is 0.328. The van der Waals surface area contributed by atoms with Crippen molar-refractivity contribution in [3.63, 3.8) is 0 Å². The van der Waals surface area contributed by atoms with Crippen molar-refractivity contribution in [2.45, 2.75) is 75.5 Å². The largest absolute Gasteiger partial charge is 0.386 e. The summed E-state index contributed by atoms with van der Waals surface area (Å²) in [5, 5.41) is 0. The van der Waals surface area contributed by atoms with Gasteiger partial charge in [0, 0.05) is 4.90 Å². The van der Waals surface area contributed by atoms with Crippen LogP contribution in [-0.2, 0) is 15.4 Å². The molecular formula is C25H32O2S. The molecule has 0 aromatic heterocycles. The maximum Gasteiger partial charge on any atom is 0.321 e. The number of carbonyl (C=O) groups is 1. The zero-order valence-electron chi connectivity index (χ0n) is 16.9. The first-order valence-electron chi connectivity index (χ1n) is 10.8. The molecule has 28 heavy (non-hydrogen) atoms. The van der Waals surface area contributed by atoms with E-state index in [4.69, 9.17) is 4.18 Å². The summed E-state index contributed by atoms with van der Waals surface area (Å²) in [6.07, 6.45) is 10.5. The molecule has 3 heteroatoms. The SMILES string of the molecule is CCCCCCc1ccc(C2CCC(C(=O)OSc3ccccc3)CC2)cc1. The summed E-state index contributed by atoms with van der Waals surface area (Å²) in [5.41, 5.74) is 2.89. The van der Waals surface area contributed by atoms with Crippen LogP contribution in [0.2, 0.25) is 0 Å². The van der Waals surface area contributed by atoms with Crippen LogP contribution in [0.3, 0.4) is 0 Å². The maximum atomic E-state index is 12.4. The summed E-state index contributed by atoms with van der Waals surface area (Å²) in [5.74, 6) is 0.569. The van der Waals surface area contributed by atoms with E-state index in [0.29, 0.717) is 5.92 Å². The molecule has 2 aromatic rings. The Morgan fingerprint density at radius 3 is 2.32 bits per heavy atom. The van der Waals surface area contributed by atoms with E-state index >= 15 is 0 Å². The van der Waals surface area contributed by atoms with Crippen molar-refractivity contribution >= 4 is 18.0 Å². The van der Waals surface area contributed by atoms with Crippen LogP contribution in [0.25, 0.3) is 0 Å².